The van der Waals surface area contributed by atoms with Gasteiger partial charge in [-0.25, -0.2) is 18.2 Å². The molecule has 8 heteroatoms. The van der Waals surface area contributed by atoms with Crippen molar-refractivity contribution in [3.63, 3.8) is 0 Å². The van der Waals surface area contributed by atoms with Crippen LogP contribution in [-0.2, 0) is 0 Å². The van der Waals surface area contributed by atoms with Gasteiger partial charge in [0.1, 0.15) is 6.33 Å². The van der Waals surface area contributed by atoms with Gasteiger partial charge in [0.2, 0.25) is 0 Å². The first-order valence-corrected chi connectivity index (χ1v) is 7.61. The van der Waals surface area contributed by atoms with Gasteiger partial charge >= 0.3 is 0 Å². The van der Waals surface area contributed by atoms with Crippen LogP contribution in [0.5, 0.6) is 0 Å². The van der Waals surface area contributed by atoms with Gasteiger partial charge in [0.15, 0.2) is 23.3 Å². The fourth-order valence-corrected chi connectivity index (χ4v) is 2.79. The Hall–Kier alpha value is -2.10. The van der Waals surface area contributed by atoms with E-state index in [9.17, 15) is 13.2 Å². The van der Waals surface area contributed by atoms with Crippen molar-refractivity contribution in [1.29, 1.82) is 0 Å². The number of halogens is 4. The number of rotatable bonds is 3. The lowest BCUT2D eigenvalue weighted by Crippen LogP contribution is -2.04. The second-order valence-corrected chi connectivity index (χ2v) is 6.07. The molecule has 4 nitrogen and oxygen atoms in total. The third-order valence-electron chi connectivity index (χ3n) is 3.28. The van der Waals surface area contributed by atoms with Crippen LogP contribution in [0.2, 0.25) is 0 Å². The van der Waals surface area contributed by atoms with Gasteiger partial charge in [0.25, 0.3) is 0 Å². The number of hydrogen-bond donors (Lipinski definition) is 2. The molecule has 0 spiro atoms. The van der Waals surface area contributed by atoms with Crippen molar-refractivity contribution in [2.24, 2.45) is 0 Å². The largest absolute Gasteiger partial charge is 0.352 e. The van der Waals surface area contributed by atoms with Crippen molar-refractivity contribution < 1.29 is 13.2 Å². The van der Waals surface area contributed by atoms with Crippen LogP contribution in [0.4, 0.5) is 24.5 Å². The molecular formula is C15H10F3IN4. The van der Waals surface area contributed by atoms with Crippen LogP contribution >= 0.6 is 22.6 Å². The van der Waals surface area contributed by atoms with Gasteiger partial charge in [-0.05, 0) is 59.3 Å². The Kier molecular flexibility index (Phi) is 4.24. The Morgan fingerprint density at radius 1 is 1.13 bits per heavy atom. The van der Waals surface area contributed by atoms with E-state index in [1.54, 1.807) is 6.07 Å². The maximum atomic E-state index is 14.3. The van der Waals surface area contributed by atoms with E-state index < -0.39 is 17.5 Å². The second-order valence-electron chi connectivity index (χ2n) is 4.83. The molecule has 0 atom stereocenters. The predicted octanol–water partition coefficient (Wildman–Crippen LogP) is 4.55. The average molecular weight is 430 g/mol. The summed E-state index contributed by atoms with van der Waals surface area (Å²) in [7, 11) is 0. The predicted molar refractivity (Wildman–Crippen MR) is 88.9 cm³/mol. The van der Waals surface area contributed by atoms with Crippen LogP contribution in [0.1, 0.15) is 5.56 Å². The summed E-state index contributed by atoms with van der Waals surface area (Å²) in [5, 5.41) is 8.99. The summed E-state index contributed by atoms with van der Waals surface area (Å²) in [4.78, 5) is 3.87. The molecule has 118 valence electrons. The molecule has 0 bridgehead atoms. The molecule has 0 saturated heterocycles. The van der Waals surface area contributed by atoms with Crippen molar-refractivity contribution >= 4 is 34.0 Å². The molecule has 3 rings (SSSR count). The molecule has 2 aromatic carbocycles. The second kappa shape index (κ2) is 6.19. The van der Waals surface area contributed by atoms with Crippen LogP contribution in [0.3, 0.4) is 0 Å². The summed E-state index contributed by atoms with van der Waals surface area (Å²) in [6, 6.07) is 6.32. The summed E-state index contributed by atoms with van der Waals surface area (Å²) >= 11 is 2.15. The lowest BCUT2D eigenvalue weighted by atomic mass is 10.1. The normalized spacial score (nSPS) is 10.8. The first-order chi connectivity index (χ1) is 11.0. The standard InChI is InChI=1S/C15H10F3IN4/c1-7-4-8(19)2-3-11(7)22-14-9(15-20-6-21-23-15)5-10(16)12(17)13(14)18/h2-6,22H,1H3,(H,20,21,23). The highest BCUT2D eigenvalue weighted by atomic mass is 127. The molecule has 3 aromatic rings. The van der Waals surface area contributed by atoms with E-state index in [-0.39, 0.29) is 17.1 Å². The molecule has 0 fully saturated rings. The number of benzene rings is 2. The molecule has 0 amide bonds. The number of aryl methyl sites for hydroxylation is 1. The Balaban J connectivity index is 2.15. The van der Waals surface area contributed by atoms with Crippen molar-refractivity contribution in [3.8, 4) is 11.4 Å². The van der Waals surface area contributed by atoms with Gasteiger partial charge in [-0.15, -0.1) is 0 Å². The van der Waals surface area contributed by atoms with Crippen LogP contribution in [-0.4, -0.2) is 15.2 Å². The number of nitrogens with one attached hydrogen (secondary N) is 2. The minimum Gasteiger partial charge on any atom is -0.352 e. The molecule has 0 aliphatic heterocycles. The van der Waals surface area contributed by atoms with Crippen molar-refractivity contribution in [2.45, 2.75) is 6.92 Å². The van der Waals surface area contributed by atoms with Crippen LogP contribution in [0.25, 0.3) is 11.4 Å². The topological polar surface area (TPSA) is 53.6 Å². The minimum atomic E-state index is -1.54. The zero-order valence-electron chi connectivity index (χ0n) is 11.8. The minimum absolute atomic E-state index is 0.0526. The summed E-state index contributed by atoms with van der Waals surface area (Å²) in [6.45, 7) is 1.83. The summed E-state index contributed by atoms with van der Waals surface area (Å²) < 4.78 is 42.5. The maximum Gasteiger partial charge on any atom is 0.196 e. The number of hydrogen-bond acceptors (Lipinski definition) is 3. The monoisotopic (exact) mass is 430 g/mol. The third-order valence-corrected chi connectivity index (χ3v) is 3.95. The lowest BCUT2D eigenvalue weighted by molar-refractivity contribution is 0.450. The number of anilines is 2. The van der Waals surface area contributed by atoms with Crippen molar-refractivity contribution in [2.75, 3.05) is 5.32 Å². The third kappa shape index (κ3) is 3.03. The van der Waals surface area contributed by atoms with Crippen LogP contribution < -0.4 is 5.32 Å². The number of aromatic nitrogens is 3. The highest BCUT2D eigenvalue weighted by molar-refractivity contribution is 14.1. The lowest BCUT2D eigenvalue weighted by Gasteiger charge is -2.14. The first kappa shape index (κ1) is 15.8. The summed E-state index contributed by atoms with van der Waals surface area (Å²) in [6.07, 6.45) is 1.20. The smallest absolute Gasteiger partial charge is 0.196 e. The highest BCUT2D eigenvalue weighted by Crippen LogP contribution is 2.34. The van der Waals surface area contributed by atoms with Gasteiger partial charge in [-0.2, -0.15) is 5.10 Å². The number of aromatic amines is 1. The van der Waals surface area contributed by atoms with Crippen LogP contribution in [0.15, 0.2) is 30.6 Å². The van der Waals surface area contributed by atoms with Crippen molar-refractivity contribution in [1.82, 2.24) is 15.2 Å². The maximum absolute atomic E-state index is 14.3. The Morgan fingerprint density at radius 2 is 1.91 bits per heavy atom. The zero-order chi connectivity index (χ0) is 16.6. The number of nitrogens with zero attached hydrogens (tertiary/aromatic N) is 2. The SMILES string of the molecule is Cc1cc(I)ccc1Nc1c(-c2ncn[nH]2)cc(F)c(F)c1F. The number of H-pyrrole nitrogens is 1. The molecule has 0 unspecified atom stereocenters. The van der Waals surface area contributed by atoms with Crippen LogP contribution in [0, 0.1) is 27.9 Å². The molecule has 0 aliphatic rings. The van der Waals surface area contributed by atoms with Gasteiger partial charge in [-0.1, -0.05) is 0 Å². The van der Waals surface area contributed by atoms with Gasteiger partial charge < -0.3 is 5.32 Å². The Labute approximate surface area is 143 Å². The van der Waals surface area contributed by atoms with Gasteiger partial charge in [0.05, 0.1) is 5.69 Å². The highest BCUT2D eigenvalue weighted by Gasteiger charge is 2.21. The molecule has 23 heavy (non-hydrogen) atoms. The average Bonchev–Trinajstić information content (AvgIpc) is 3.04. The van der Waals surface area contributed by atoms with E-state index in [1.165, 1.54) is 6.33 Å². The van der Waals surface area contributed by atoms with E-state index in [1.807, 2.05) is 19.1 Å². The summed E-state index contributed by atoms with van der Waals surface area (Å²) in [5.74, 6) is -4.01. The molecule has 1 aromatic heterocycles. The fraction of sp³-hybridized carbons (Fsp3) is 0.0667. The summed E-state index contributed by atoms with van der Waals surface area (Å²) in [5.41, 5.74) is 1.27. The molecular weight excluding hydrogens is 420 g/mol. The molecule has 0 saturated carbocycles. The Morgan fingerprint density at radius 3 is 2.57 bits per heavy atom. The van der Waals surface area contributed by atoms with Gasteiger partial charge in [-0.3, -0.25) is 5.10 Å². The first-order valence-electron chi connectivity index (χ1n) is 6.53. The zero-order valence-corrected chi connectivity index (χ0v) is 14.0. The van der Waals surface area contributed by atoms with E-state index in [2.05, 4.69) is 43.1 Å². The van der Waals surface area contributed by atoms with E-state index in [0.29, 0.717) is 5.69 Å². The van der Waals surface area contributed by atoms with Crippen molar-refractivity contribution in [3.05, 3.63) is 57.2 Å². The fourth-order valence-electron chi connectivity index (χ4n) is 2.14. The van der Waals surface area contributed by atoms with E-state index in [0.717, 1.165) is 15.2 Å². The quantitative estimate of drug-likeness (QED) is 0.474. The molecule has 2 N–H and O–H groups in total. The van der Waals surface area contributed by atoms with E-state index >= 15 is 0 Å². The Bertz CT molecular complexity index is 866. The van der Waals surface area contributed by atoms with Gasteiger partial charge in [0, 0.05) is 14.8 Å². The molecule has 1 heterocycles. The van der Waals surface area contributed by atoms with E-state index in [4.69, 9.17) is 0 Å². The molecule has 0 aliphatic carbocycles. The molecule has 0 radical (unpaired) electrons.